The second kappa shape index (κ2) is 18.0. The molecule has 51 heavy (non-hydrogen) atoms. The number of nitrogens with zero attached hydrogens (tertiary/aromatic N) is 2. The maximum atomic E-state index is 2.60. The van der Waals surface area contributed by atoms with Gasteiger partial charge < -0.3 is 33.9 Å². The average Bonchev–Trinajstić information content (AvgIpc) is 3.54. The van der Waals surface area contributed by atoms with Crippen molar-refractivity contribution in [1.82, 2.24) is 9.13 Å². The van der Waals surface area contributed by atoms with Gasteiger partial charge in [-0.05, 0) is 61.8 Å². The van der Waals surface area contributed by atoms with Crippen molar-refractivity contribution in [3.05, 3.63) is 167 Å². The molecule has 0 spiro atoms. The first-order chi connectivity index (χ1) is 23.2. The molecule has 0 radical (unpaired) electrons. The Balaban J connectivity index is 0.00000234. The molecule has 2 nitrogen and oxygen atoms in total. The summed E-state index contributed by atoms with van der Waals surface area (Å²) < 4.78 is 5.21. The van der Waals surface area contributed by atoms with E-state index < -0.39 is 6.89 Å². The molecule has 0 unspecified atom stereocenters. The molecule has 5 aromatic carbocycles. The average molecular weight is 780 g/mol. The summed E-state index contributed by atoms with van der Waals surface area (Å²) in [5.41, 5.74) is 8.13. The van der Waals surface area contributed by atoms with Crippen LogP contribution in [0.2, 0.25) is 0 Å². The predicted molar refractivity (Wildman–Crippen MR) is 210 cm³/mol. The molecule has 6 aromatic rings. The number of para-hydroxylation sites is 2. The Morgan fingerprint density at radius 1 is 0.373 bits per heavy atom. The molecule has 0 aliphatic heterocycles. The topological polar surface area (TPSA) is 9.86 Å². The molecule has 0 aliphatic rings. The minimum atomic E-state index is -2.54. The van der Waals surface area contributed by atoms with Gasteiger partial charge in [0.1, 0.15) is 5.20 Å². The van der Waals surface area contributed by atoms with Crippen LogP contribution in [0.4, 0.5) is 0 Å². The summed E-state index contributed by atoms with van der Waals surface area (Å²) in [7, 11) is 0. The van der Waals surface area contributed by atoms with Crippen molar-refractivity contribution in [2.24, 2.45) is 0 Å². The summed E-state index contributed by atoms with van der Waals surface area (Å²) in [6, 6.07) is 47.8. The first kappa shape index (κ1) is 42.2. The summed E-state index contributed by atoms with van der Waals surface area (Å²) in [5.74, 6) is 1.42. The Labute approximate surface area is 329 Å². The van der Waals surface area contributed by atoms with E-state index in [0.29, 0.717) is 23.7 Å². The van der Waals surface area contributed by atoms with Gasteiger partial charge in [0.15, 0.2) is 0 Å². The number of rotatable bonds is 9. The minimum Gasteiger partial charge on any atom is -1.00 e. The van der Waals surface area contributed by atoms with E-state index in [1.165, 1.54) is 54.7 Å². The van der Waals surface area contributed by atoms with Crippen molar-refractivity contribution in [2.75, 3.05) is 0 Å². The van der Waals surface area contributed by atoms with E-state index in [1.54, 1.807) is 0 Å². The van der Waals surface area contributed by atoms with Crippen molar-refractivity contribution in [3.8, 4) is 11.4 Å². The molecule has 6 rings (SSSR count). The Kier molecular flexibility index (Phi) is 14.9. The van der Waals surface area contributed by atoms with Gasteiger partial charge in [-0.2, -0.15) is 0 Å². The van der Waals surface area contributed by atoms with Crippen LogP contribution in [0.3, 0.4) is 0 Å². The fourth-order valence-electron chi connectivity index (χ4n) is 7.38. The smallest absolute Gasteiger partial charge is 1.00 e. The second-order valence-corrected chi connectivity index (χ2v) is 17.5. The zero-order valence-electron chi connectivity index (χ0n) is 31.0. The summed E-state index contributed by atoms with van der Waals surface area (Å²) in [6.45, 7) is 16.1. The number of imidazole rings is 1. The molecule has 0 amide bonds. The van der Waals surface area contributed by atoms with Gasteiger partial charge in [0.25, 0.3) is 0 Å². The molecule has 0 saturated carbocycles. The number of aromatic nitrogens is 2. The molecule has 0 fully saturated rings. The van der Waals surface area contributed by atoms with Crippen LogP contribution in [-0.4, -0.2) is 9.13 Å². The third-order valence-corrected chi connectivity index (χ3v) is 13.9. The fraction of sp³-hybridized carbons (Fsp3) is 0.267. The largest absolute Gasteiger partial charge is 2.00 e. The van der Waals surface area contributed by atoms with Gasteiger partial charge in [0, 0.05) is 19.3 Å². The van der Waals surface area contributed by atoms with Crippen LogP contribution in [0.5, 0.6) is 0 Å². The first-order valence-electron chi connectivity index (χ1n) is 17.6. The van der Waals surface area contributed by atoms with E-state index in [4.69, 9.17) is 0 Å². The molecule has 270 valence electrons. The number of hydrogen-bond donors (Lipinski definition) is 0. The summed E-state index contributed by atoms with van der Waals surface area (Å²) in [4.78, 5) is 0. The van der Waals surface area contributed by atoms with Gasteiger partial charge in [0.2, 0.25) is 0 Å². The third kappa shape index (κ3) is 7.80. The number of hydrogen-bond acceptors (Lipinski definition) is 0. The molecule has 0 atom stereocenters. The van der Waals surface area contributed by atoms with Gasteiger partial charge in [-0.15, -0.1) is 0 Å². The van der Waals surface area contributed by atoms with Crippen LogP contribution >= 0.6 is 6.89 Å². The first-order valence-corrected chi connectivity index (χ1v) is 19.4. The van der Waals surface area contributed by atoms with Crippen molar-refractivity contribution in [1.29, 1.82) is 0 Å². The summed E-state index contributed by atoms with van der Waals surface area (Å²) >= 11 is 0. The van der Waals surface area contributed by atoms with E-state index >= 15 is 0 Å². The van der Waals surface area contributed by atoms with E-state index in [2.05, 4.69) is 204 Å². The second-order valence-electron chi connectivity index (χ2n) is 14.2. The Hall–Kier alpha value is -3.19. The molecular weight excluding hydrogens is 729 g/mol. The molecule has 0 saturated heterocycles. The quantitative estimate of drug-likeness (QED) is 0.140. The maximum Gasteiger partial charge on any atom is 2.00 e. The normalized spacial score (nSPS) is 11.4. The molecule has 6 heteroatoms. The number of benzene rings is 5. The van der Waals surface area contributed by atoms with Gasteiger partial charge in [-0.1, -0.05) is 183 Å². The SMILES string of the molecule is CC(C)c1cccc(C(C)C)c1-n1ccn(-c2c(C(C)C)cccc2C(C)C)c1=P(c1ccccc1)(c1ccccc1)c1ccccc1.[Cl-].[Cl-].[Ni+2]. The summed E-state index contributed by atoms with van der Waals surface area (Å²) in [5, 5.41) is 5.35. The van der Waals surface area contributed by atoms with Crippen LogP contribution in [0.15, 0.2) is 140 Å². The van der Waals surface area contributed by atoms with Gasteiger partial charge in [-0.25, -0.2) is 0 Å². The van der Waals surface area contributed by atoms with E-state index in [0.717, 1.165) is 0 Å². The zero-order valence-corrected chi connectivity index (χ0v) is 34.4. The predicted octanol–water partition coefficient (Wildman–Crippen LogP) is 5.29. The van der Waals surface area contributed by atoms with E-state index in [9.17, 15) is 0 Å². The van der Waals surface area contributed by atoms with Gasteiger partial charge in [-0.3, -0.25) is 0 Å². The van der Waals surface area contributed by atoms with Crippen LogP contribution in [0.1, 0.15) is 101 Å². The monoisotopic (exact) mass is 778 g/mol. The zero-order chi connectivity index (χ0) is 34.0. The molecular formula is C45H51Cl2N2NiP. The van der Waals surface area contributed by atoms with Crippen LogP contribution in [0.25, 0.3) is 11.4 Å². The molecule has 1 aromatic heterocycles. The Bertz CT molecular complexity index is 1860. The maximum absolute atomic E-state index is 2.60. The fourth-order valence-corrected chi connectivity index (χ4v) is 11.8. The molecule has 0 bridgehead atoms. The minimum absolute atomic E-state index is 0. The van der Waals surface area contributed by atoms with Gasteiger partial charge >= 0.3 is 16.5 Å². The molecule has 0 N–H and O–H groups in total. The Morgan fingerprint density at radius 2 is 0.627 bits per heavy atom. The number of halogens is 2. The van der Waals surface area contributed by atoms with E-state index in [-0.39, 0.29) is 41.3 Å². The molecule has 1 heterocycles. The van der Waals surface area contributed by atoms with E-state index in [1.807, 2.05) is 0 Å². The van der Waals surface area contributed by atoms with Crippen molar-refractivity contribution >= 4 is 22.8 Å². The summed E-state index contributed by atoms with van der Waals surface area (Å²) in [6.07, 6.45) is 4.74. The molecule has 0 aliphatic carbocycles. The van der Waals surface area contributed by atoms with Crippen molar-refractivity contribution < 1.29 is 41.3 Å². The van der Waals surface area contributed by atoms with Crippen LogP contribution in [-0.2, 0) is 16.5 Å². The van der Waals surface area contributed by atoms with Crippen LogP contribution in [0, 0.1) is 5.20 Å². The third-order valence-electron chi connectivity index (χ3n) is 9.69. The van der Waals surface area contributed by atoms with Crippen molar-refractivity contribution in [2.45, 2.75) is 79.1 Å². The van der Waals surface area contributed by atoms with Gasteiger partial charge in [0.05, 0.1) is 11.4 Å². The van der Waals surface area contributed by atoms with Crippen molar-refractivity contribution in [3.63, 3.8) is 0 Å². The Morgan fingerprint density at radius 3 is 0.863 bits per heavy atom. The van der Waals surface area contributed by atoms with Crippen LogP contribution < -0.4 is 40.7 Å². The standard InChI is InChI=1S/C45H51N2P.2ClH.Ni/c1-32(2)39-26-18-27-40(33(3)4)43(39)46-30-31-47(44-41(34(5)6)28-19-29-42(44)35(7)8)45(46)48(36-20-12-9-13-21-36,37-22-14-10-15-23-37)38-24-16-11-17-25-38;;;/h9-35H,1-8H3;2*1H;/q;;;+2/p-2.